The maximum atomic E-state index is 10.5. The molecule has 1 aliphatic heterocycles. The van der Waals surface area contributed by atoms with Gasteiger partial charge >= 0.3 is 0 Å². The minimum Gasteiger partial charge on any atom is -0.394 e. The number of aromatic nitrogens is 4. The second-order valence-corrected chi connectivity index (χ2v) is 6.81. The molecule has 148 valence electrons. The van der Waals surface area contributed by atoms with Crippen molar-refractivity contribution in [3.05, 3.63) is 41.7 Å². The lowest BCUT2D eigenvalue weighted by Gasteiger charge is -2.19. The van der Waals surface area contributed by atoms with Crippen molar-refractivity contribution >= 4 is 22.9 Å². The molecule has 0 saturated carbocycles. The number of aliphatic hydroxyl groups is 3. The van der Waals surface area contributed by atoms with Crippen LogP contribution in [-0.4, -0.2) is 59.8 Å². The highest BCUT2D eigenvalue weighted by Crippen LogP contribution is 2.35. The van der Waals surface area contributed by atoms with Gasteiger partial charge < -0.3 is 31.1 Å². The first-order chi connectivity index (χ1) is 13.5. The van der Waals surface area contributed by atoms with Crippen LogP contribution < -0.4 is 11.1 Å². The summed E-state index contributed by atoms with van der Waals surface area (Å²) in [4.78, 5) is 12.6. The second kappa shape index (κ2) is 7.32. The quantitative estimate of drug-likeness (QED) is 0.406. The van der Waals surface area contributed by atoms with Gasteiger partial charge in [0.25, 0.3) is 0 Å². The van der Waals surface area contributed by atoms with Crippen molar-refractivity contribution in [2.24, 2.45) is 0 Å². The Morgan fingerprint density at radius 1 is 1.25 bits per heavy atom. The van der Waals surface area contributed by atoms with Crippen LogP contribution in [0.25, 0.3) is 11.2 Å². The largest absolute Gasteiger partial charge is 0.394 e. The van der Waals surface area contributed by atoms with Crippen LogP contribution in [0, 0.1) is 6.92 Å². The molecule has 0 aliphatic carbocycles. The molecule has 0 radical (unpaired) electrons. The third kappa shape index (κ3) is 3.16. The van der Waals surface area contributed by atoms with Gasteiger partial charge in [0.2, 0.25) is 5.95 Å². The monoisotopic (exact) mass is 386 g/mol. The van der Waals surface area contributed by atoms with Gasteiger partial charge in [-0.3, -0.25) is 4.57 Å². The van der Waals surface area contributed by atoms with E-state index < -0.39 is 31.1 Å². The minimum atomic E-state index is -1.27. The average Bonchev–Trinajstić information content (AvgIpc) is 3.19. The fourth-order valence-corrected chi connectivity index (χ4v) is 3.39. The number of aliphatic hydroxyl groups excluding tert-OH is 3. The van der Waals surface area contributed by atoms with Crippen LogP contribution in [0.3, 0.4) is 0 Å². The van der Waals surface area contributed by atoms with Crippen LogP contribution in [0.15, 0.2) is 30.6 Å². The number of nitrogens with one attached hydrogen (secondary N) is 1. The van der Waals surface area contributed by atoms with E-state index in [0.29, 0.717) is 23.7 Å². The lowest BCUT2D eigenvalue weighted by molar-refractivity contribution is -0.0501. The Labute approximate surface area is 160 Å². The highest BCUT2D eigenvalue weighted by Gasteiger charge is 2.45. The van der Waals surface area contributed by atoms with E-state index in [1.165, 1.54) is 10.9 Å². The molecular weight excluding hydrogens is 364 g/mol. The molecule has 1 aliphatic rings. The summed E-state index contributed by atoms with van der Waals surface area (Å²) in [7, 11) is 0. The van der Waals surface area contributed by atoms with Gasteiger partial charge in [-0.2, -0.15) is 0 Å². The average molecular weight is 386 g/mol. The Hall–Kier alpha value is -2.79. The Morgan fingerprint density at radius 2 is 2.07 bits per heavy atom. The molecule has 4 rings (SSSR count). The number of nitrogen functional groups attached to an aromatic ring is 1. The first kappa shape index (κ1) is 18.6. The first-order valence-electron chi connectivity index (χ1n) is 8.90. The number of aryl methyl sites for hydroxylation is 1. The fraction of sp³-hybridized carbons (Fsp3) is 0.389. The molecule has 0 amide bonds. The highest BCUT2D eigenvalue weighted by atomic mass is 16.6. The van der Waals surface area contributed by atoms with Crippen molar-refractivity contribution in [3.8, 4) is 0 Å². The van der Waals surface area contributed by atoms with Crippen molar-refractivity contribution in [3.63, 3.8) is 0 Å². The summed E-state index contributed by atoms with van der Waals surface area (Å²) in [5.74, 6) is 0.549. The van der Waals surface area contributed by atoms with Crippen molar-refractivity contribution in [2.75, 3.05) is 17.7 Å². The Bertz CT molecular complexity index is 993. The molecule has 10 heteroatoms. The van der Waals surface area contributed by atoms with Crippen molar-refractivity contribution in [2.45, 2.75) is 38.0 Å². The number of ether oxygens (including phenoxy) is 1. The zero-order valence-electron chi connectivity index (χ0n) is 15.2. The number of nitrogens with two attached hydrogens (primary N) is 1. The molecule has 3 aromatic rings. The van der Waals surface area contributed by atoms with E-state index in [2.05, 4.69) is 20.3 Å². The molecular formula is C18H22N6O4. The van der Waals surface area contributed by atoms with Crippen molar-refractivity contribution in [1.29, 1.82) is 0 Å². The maximum Gasteiger partial charge on any atom is 0.207 e. The number of hydrogen-bond acceptors (Lipinski definition) is 9. The number of hydrogen-bond donors (Lipinski definition) is 5. The van der Waals surface area contributed by atoms with Gasteiger partial charge in [0, 0.05) is 6.54 Å². The van der Waals surface area contributed by atoms with Crippen LogP contribution in [0.2, 0.25) is 0 Å². The molecule has 2 aromatic heterocycles. The summed E-state index contributed by atoms with van der Waals surface area (Å²) in [6, 6.07) is 7.99. The summed E-state index contributed by atoms with van der Waals surface area (Å²) in [6.07, 6.45) is -3.13. The third-order valence-corrected chi connectivity index (χ3v) is 4.81. The summed E-state index contributed by atoms with van der Waals surface area (Å²) in [6.45, 7) is 2.05. The second-order valence-electron chi connectivity index (χ2n) is 6.81. The third-order valence-electron chi connectivity index (χ3n) is 4.81. The van der Waals surface area contributed by atoms with Crippen LogP contribution in [0.1, 0.15) is 17.4 Å². The SMILES string of the molecule is Cc1cccc(CNc2nc3c(N)ncnc3n2[C@@H]2O[C@H](CO)[C@@H](O)[C@H]2O)c1. The smallest absolute Gasteiger partial charge is 0.207 e. The van der Waals surface area contributed by atoms with E-state index in [-0.39, 0.29) is 5.82 Å². The molecule has 0 bridgehead atoms. The Morgan fingerprint density at radius 3 is 2.79 bits per heavy atom. The van der Waals surface area contributed by atoms with E-state index in [0.717, 1.165) is 11.1 Å². The lowest BCUT2D eigenvalue weighted by atomic mass is 10.1. The lowest BCUT2D eigenvalue weighted by Crippen LogP contribution is -2.33. The number of rotatable bonds is 5. The van der Waals surface area contributed by atoms with E-state index >= 15 is 0 Å². The van der Waals surface area contributed by atoms with Gasteiger partial charge in [-0.05, 0) is 12.5 Å². The fourth-order valence-electron chi connectivity index (χ4n) is 3.39. The summed E-state index contributed by atoms with van der Waals surface area (Å²) >= 11 is 0. The zero-order valence-corrected chi connectivity index (χ0v) is 15.2. The molecule has 1 saturated heterocycles. The Kier molecular flexibility index (Phi) is 4.85. The molecule has 10 nitrogen and oxygen atoms in total. The van der Waals surface area contributed by atoms with E-state index in [9.17, 15) is 15.3 Å². The predicted molar refractivity (Wildman–Crippen MR) is 101 cm³/mol. The molecule has 4 atom stereocenters. The summed E-state index contributed by atoms with van der Waals surface area (Å²) in [5, 5.41) is 33.2. The molecule has 6 N–H and O–H groups in total. The minimum absolute atomic E-state index is 0.189. The topological polar surface area (TPSA) is 152 Å². The van der Waals surface area contributed by atoms with E-state index in [1.54, 1.807) is 0 Å². The van der Waals surface area contributed by atoms with Crippen LogP contribution in [0.5, 0.6) is 0 Å². The summed E-state index contributed by atoms with van der Waals surface area (Å²) < 4.78 is 7.21. The number of anilines is 2. The first-order valence-corrected chi connectivity index (χ1v) is 8.90. The molecule has 1 aromatic carbocycles. The van der Waals surface area contributed by atoms with Crippen molar-refractivity contribution in [1.82, 2.24) is 19.5 Å². The predicted octanol–water partition coefficient (Wildman–Crippen LogP) is -0.0595. The molecule has 3 heterocycles. The zero-order chi connectivity index (χ0) is 19.8. The van der Waals surface area contributed by atoms with E-state index in [1.807, 2.05) is 31.2 Å². The Balaban J connectivity index is 1.73. The van der Waals surface area contributed by atoms with Crippen LogP contribution in [0.4, 0.5) is 11.8 Å². The van der Waals surface area contributed by atoms with Crippen LogP contribution in [-0.2, 0) is 11.3 Å². The maximum absolute atomic E-state index is 10.5. The van der Waals surface area contributed by atoms with Gasteiger partial charge in [0.1, 0.15) is 24.6 Å². The molecule has 1 fully saturated rings. The van der Waals surface area contributed by atoms with Gasteiger partial charge in [-0.15, -0.1) is 0 Å². The van der Waals surface area contributed by atoms with Gasteiger partial charge in [-0.25, -0.2) is 15.0 Å². The number of benzene rings is 1. The van der Waals surface area contributed by atoms with Gasteiger partial charge in [0.15, 0.2) is 23.2 Å². The van der Waals surface area contributed by atoms with Crippen LogP contribution >= 0.6 is 0 Å². The van der Waals surface area contributed by atoms with E-state index in [4.69, 9.17) is 10.5 Å². The summed E-state index contributed by atoms with van der Waals surface area (Å²) in [5.41, 5.74) is 8.81. The number of imidazole rings is 1. The molecule has 28 heavy (non-hydrogen) atoms. The number of nitrogens with zero attached hydrogens (tertiary/aromatic N) is 4. The van der Waals surface area contributed by atoms with Crippen molar-refractivity contribution < 1.29 is 20.1 Å². The molecule has 0 unspecified atom stereocenters. The standard InChI is InChI=1S/C18H22N6O4/c1-9-3-2-4-10(5-9)6-20-18-23-12-15(19)21-8-22-16(12)24(18)17-14(27)13(26)11(7-25)28-17/h2-5,8,11,13-14,17,25-27H,6-7H2,1H3,(H,20,23)(H2,19,21,22)/t11-,13-,14-,17-/m1/s1. The normalized spacial score (nSPS) is 24.7. The van der Waals surface area contributed by atoms with Gasteiger partial charge in [0.05, 0.1) is 6.61 Å². The number of fused-ring (bicyclic) bond motifs is 1. The van der Waals surface area contributed by atoms with Gasteiger partial charge in [-0.1, -0.05) is 29.8 Å². The highest BCUT2D eigenvalue weighted by molar-refractivity contribution is 5.84. The molecule has 0 spiro atoms.